The van der Waals surface area contributed by atoms with Crippen LogP contribution in [0.1, 0.15) is 39.0 Å². The molecule has 0 amide bonds. The second-order valence-corrected chi connectivity index (χ2v) is 4.04. The molecule has 0 atom stereocenters. The zero-order valence-corrected chi connectivity index (χ0v) is 7.40. The van der Waals surface area contributed by atoms with Gasteiger partial charge in [0.05, 0.1) is 5.60 Å². The van der Waals surface area contributed by atoms with E-state index in [9.17, 15) is 5.11 Å². The fraction of sp³-hybridized carbons (Fsp3) is 1.00. The standard InChI is InChI=1S/C8H16OS/c1-2-8(9)5-3-7(10)4-6-8/h7,9-10H,2-6H2,1H3. The monoisotopic (exact) mass is 160 g/mol. The molecule has 0 aromatic heterocycles. The van der Waals surface area contributed by atoms with Gasteiger partial charge in [0.15, 0.2) is 0 Å². The van der Waals surface area contributed by atoms with E-state index >= 15 is 0 Å². The highest BCUT2D eigenvalue weighted by Crippen LogP contribution is 2.32. The molecule has 10 heavy (non-hydrogen) atoms. The van der Waals surface area contributed by atoms with E-state index in [4.69, 9.17) is 0 Å². The summed E-state index contributed by atoms with van der Waals surface area (Å²) in [6, 6.07) is 0. The average Bonchev–Trinajstić information content (AvgIpc) is 1.96. The lowest BCUT2D eigenvalue weighted by molar-refractivity contribution is 0.00219. The third kappa shape index (κ3) is 1.89. The first kappa shape index (κ1) is 8.41. The van der Waals surface area contributed by atoms with E-state index in [1.807, 2.05) is 0 Å². The van der Waals surface area contributed by atoms with Crippen molar-refractivity contribution < 1.29 is 5.11 Å². The van der Waals surface area contributed by atoms with Crippen molar-refractivity contribution in [2.75, 3.05) is 0 Å². The molecule has 0 radical (unpaired) electrons. The molecule has 0 unspecified atom stereocenters. The maximum atomic E-state index is 9.76. The van der Waals surface area contributed by atoms with Crippen molar-refractivity contribution in [1.82, 2.24) is 0 Å². The first-order chi connectivity index (χ1) is 4.66. The smallest absolute Gasteiger partial charge is 0.0646 e. The van der Waals surface area contributed by atoms with Crippen molar-refractivity contribution in [2.45, 2.75) is 49.9 Å². The molecule has 1 fully saturated rings. The fourth-order valence-electron chi connectivity index (χ4n) is 1.49. The van der Waals surface area contributed by atoms with E-state index in [1.165, 1.54) is 0 Å². The number of thiol groups is 1. The van der Waals surface area contributed by atoms with Crippen LogP contribution in [0, 0.1) is 0 Å². The van der Waals surface area contributed by atoms with E-state index in [1.54, 1.807) is 0 Å². The summed E-state index contributed by atoms with van der Waals surface area (Å²) < 4.78 is 0. The third-order valence-corrected chi connectivity index (χ3v) is 3.06. The Labute approximate surface area is 68.2 Å². The number of hydrogen-bond donors (Lipinski definition) is 2. The van der Waals surface area contributed by atoms with Crippen LogP contribution in [0.4, 0.5) is 0 Å². The van der Waals surface area contributed by atoms with Gasteiger partial charge in [0, 0.05) is 5.25 Å². The predicted molar refractivity (Wildman–Crippen MR) is 46.5 cm³/mol. The highest BCUT2D eigenvalue weighted by atomic mass is 32.1. The molecule has 60 valence electrons. The Morgan fingerprint density at radius 3 is 2.40 bits per heavy atom. The molecule has 0 saturated heterocycles. The van der Waals surface area contributed by atoms with E-state index in [-0.39, 0.29) is 5.60 Å². The Bertz CT molecular complexity index is 106. The minimum absolute atomic E-state index is 0.348. The van der Waals surface area contributed by atoms with Gasteiger partial charge in [-0.15, -0.1) is 0 Å². The van der Waals surface area contributed by atoms with Gasteiger partial charge in [0.25, 0.3) is 0 Å². The summed E-state index contributed by atoms with van der Waals surface area (Å²) in [5.74, 6) is 0. The summed E-state index contributed by atoms with van der Waals surface area (Å²) in [5, 5.41) is 10.3. The van der Waals surface area contributed by atoms with Gasteiger partial charge in [0.1, 0.15) is 0 Å². The minimum Gasteiger partial charge on any atom is -0.390 e. The average molecular weight is 160 g/mol. The second kappa shape index (κ2) is 3.14. The van der Waals surface area contributed by atoms with E-state index < -0.39 is 0 Å². The quantitative estimate of drug-likeness (QED) is 0.562. The molecule has 1 N–H and O–H groups in total. The molecule has 1 rings (SSSR count). The van der Waals surface area contributed by atoms with Crippen LogP contribution in [0.2, 0.25) is 0 Å². The van der Waals surface area contributed by atoms with Crippen LogP contribution >= 0.6 is 12.6 Å². The van der Waals surface area contributed by atoms with Crippen LogP contribution in [0.15, 0.2) is 0 Å². The molecule has 1 saturated carbocycles. The van der Waals surface area contributed by atoms with Crippen LogP contribution < -0.4 is 0 Å². The van der Waals surface area contributed by atoms with Gasteiger partial charge >= 0.3 is 0 Å². The van der Waals surface area contributed by atoms with Gasteiger partial charge in [0.2, 0.25) is 0 Å². The molecule has 0 spiro atoms. The number of aliphatic hydroxyl groups is 1. The molecule has 0 bridgehead atoms. The zero-order valence-electron chi connectivity index (χ0n) is 6.51. The lowest BCUT2D eigenvalue weighted by Crippen LogP contribution is -2.33. The minimum atomic E-state index is -0.348. The van der Waals surface area contributed by atoms with Crippen LogP contribution in [-0.4, -0.2) is 16.0 Å². The Morgan fingerprint density at radius 1 is 1.50 bits per heavy atom. The van der Waals surface area contributed by atoms with Gasteiger partial charge in [-0.1, -0.05) is 6.92 Å². The maximum Gasteiger partial charge on any atom is 0.0646 e. The number of rotatable bonds is 1. The lowest BCUT2D eigenvalue weighted by atomic mass is 9.83. The molecular formula is C8H16OS. The van der Waals surface area contributed by atoms with Crippen molar-refractivity contribution in [3.05, 3.63) is 0 Å². The first-order valence-corrected chi connectivity index (χ1v) is 4.58. The summed E-state index contributed by atoms with van der Waals surface area (Å²) in [7, 11) is 0. The van der Waals surface area contributed by atoms with Crippen molar-refractivity contribution in [3.63, 3.8) is 0 Å². The molecule has 0 heterocycles. The molecule has 1 nitrogen and oxygen atoms in total. The van der Waals surface area contributed by atoms with Crippen LogP contribution in [-0.2, 0) is 0 Å². The van der Waals surface area contributed by atoms with Gasteiger partial charge < -0.3 is 5.11 Å². The van der Waals surface area contributed by atoms with Crippen LogP contribution in [0.3, 0.4) is 0 Å². The Balaban J connectivity index is 2.38. The topological polar surface area (TPSA) is 20.2 Å². The van der Waals surface area contributed by atoms with Crippen LogP contribution in [0.5, 0.6) is 0 Å². The van der Waals surface area contributed by atoms with Gasteiger partial charge in [-0.2, -0.15) is 12.6 Å². The largest absolute Gasteiger partial charge is 0.390 e. The molecule has 2 heteroatoms. The Morgan fingerprint density at radius 2 is 2.00 bits per heavy atom. The summed E-state index contributed by atoms with van der Waals surface area (Å²) in [4.78, 5) is 0. The van der Waals surface area contributed by atoms with Crippen molar-refractivity contribution in [1.29, 1.82) is 0 Å². The van der Waals surface area contributed by atoms with Crippen molar-refractivity contribution in [2.24, 2.45) is 0 Å². The summed E-state index contributed by atoms with van der Waals surface area (Å²) in [6.45, 7) is 2.05. The second-order valence-electron chi connectivity index (χ2n) is 3.31. The predicted octanol–water partition coefficient (Wildman–Crippen LogP) is 2.00. The highest BCUT2D eigenvalue weighted by Gasteiger charge is 2.29. The summed E-state index contributed by atoms with van der Waals surface area (Å²) in [6.07, 6.45) is 4.93. The fourth-order valence-corrected chi connectivity index (χ4v) is 1.75. The Kier molecular flexibility index (Phi) is 2.64. The third-order valence-electron chi connectivity index (χ3n) is 2.54. The van der Waals surface area contributed by atoms with Gasteiger partial charge in [-0.3, -0.25) is 0 Å². The lowest BCUT2D eigenvalue weighted by Gasteiger charge is -2.33. The molecule has 0 aromatic rings. The molecule has 0 aromatic carbocycles. The first-order valence-electron chi connectivity index (χ1n) is 4.07. The van der Waals surface area contributed by atoms with E-state index in [0.29, 0.717) is 5.25 Å². The van der Waals surface area contributed by atoms with Gasteiger partial charge in [-0.05, 0) is 32.1 Å². The number of hydrogen-bond acceptors (Lipinski definition) is 2. The van der Waals surface area contributed by atoms with E-state index in [2.05, 4.69) is 19.6 Å². The molecule has 1 aliphatic carbocycles. The summed E-state index contributed by atoms with van der Waals surface area (Å²) in [5.41, 5.74) is -0.348. The van der Waals surface area contributed by atoms with Gasteiger partial charge in [-0.25, -0.2) is 0 Å². The highest BCUT2D eigenvalue weighted by molar-refractivity contribution is 7.80. The molecule has 0 aliphatic heterocycles. The maximum absolute atomic E-state index is 9.76. The normalized spacial score (nSPS) is 41.7. The Hall–Kier alpha value is 0.310. The van der Waals surface area contributed by atoms with Crippen molar-refractivity contribution in [3.8, 4) is 0 Å². The van der Waals surface area contributed by atoms with Crippen LogP contribution in [0.25, 0.3) is 0 Å². The van der Waals surface area contributed by atoms with E-state index in [0.717, 1.165) is 32.1 Å². The van der Waals surface area contributed by atoms with Crippen molar-refractivity contribution >= 4 is 12.6 Å². The zero-order chi connectivity index (χ0) is 7.61. The summed E-state index contributed by atoms with van der Waals surface area (Å²) >= 11 is 4.37. The SMILES string of the molecule is CCC1(O)CCC(S)CC1. The molecule has 1 aliphatic rings. The molecular weight excluding hydrogens is 144 g/mol.